The summed E-state index contributed by atoms with van der Waals surface area (Å²) < 4.78 is 5.24. The second-order valence-corrected chi connectivity index (χ2v) is 5.60. The monoisotopic (exact) mass is 286 g/mol. The van der Waals surface area contributed by atoms with E-state index in [2.05, 4.69) is 0 Å². The van der Waals surface area contributed by atoms with Gasteiger partial charge in [0.25, 0.3) is 0 Å². The van der Waals surface area contributed by atoms with Gasteiger partial charge in [0, 0.05) is 0 Å². The first-order valence-electron chi connectivity index (χ1n) is 6.00. The van der Waals surface area contributed by atoms with Crippen molar-refractivity contribution in [2.24, 2.45) is 0 Å². The molecule has 0 saturated carbocycles. The standard InChI is InChI=1S/C14H19ClO4/c1-14(2,3)19-13(18)10-6-4-5-9(7-10)12(17)11(16)8-15/h4-7,11-12,16-17H,8H2,1-3H3. The van der Waals surface area contributed by atoms with Crippen LogP contribution in [0.5, 0.6) is 0 Å². The van der Waals surface area contributed by atoms with Crippen molar-refractivity contribution in [3.63, 3.8) is 0 Å². The van der Waals surface area contributed by atoms with E-state index in [0.29, 0.717) is 11.1 Å². The molecule has 0 aliphatic rings. The second-order valence-electron chi connectivity index (χ2n) is 5.29. The summed E-state index contributed by atoms with van der Waals surface area (Å²) in [6.45, 7) is 5.34. The van der Waals surface area contributed by atoms with Gasteiger partial charge >= 0.3 is 5.97 Å². The van der Waals surface area contributed by atoms with E-state index in [1.807, 2.05) is 0 Å². The molecule has 0 amide bonds. The van der Waals surface area contributed by atoms with Gasteiger partial charge in [0.1, 0.15) is 11.7 Å². The molecule has 2 atom stereocenters. The van der Waals surface area contributed by atoms with E-state index in [0.717, 1.165) is 0 Å². The van der Waals surface area contributed by atoms with Crippen LogP contribution in [0.2, 0.25) is 0 Å². The molecule has 106 valence electrons. The molecule has 0 radical (unpaired) electrons. The third-order valence-corrected chi connectivity index (χ3v) is 2.70. The van der Waals surface area contributed by atoms with Gasteiger partial charge in [-0.05, 0) is 38.5 Å². The van der Waals surface area contributed by atoms with Crippen molar-refractivity contribution in [3.8, 4) is 0 Å². The maximum Gasteiger partial charge on any atom is 0.338 e. The van der Waals surface area contributed by atoms with Crippen molar-refractivity contribution in [1.29, 1.82) is 0 Å². The Morgan fingerprint density at radius 3 is 2.53 bits per heavy atom. The highest BCUT2D eigenvalue weighted by Gasteiger charge is 2.21. The predicted octanol–water partition coefficient (Wildman–Crippen LogP) is 2.28. The van der Waals surface area contributed by atoms with Crippen LogP contribution in [-0.2, 0) is 4.74 Å². The lowest BCUT2D eigenvalue weighted by molar-refractivity contribution is 0.00677. The Labute approximate surface area is 118 Å². The highest BCUT2D eigenvalue weighted by molar-refractivity contribution is 6.18. The molecule has 0 spiro atoms. The number of rotatable bonds is 4. The van der Waals surface area contributed by atoms with Crippen molar-refractivity contribution in [1.82, 2.24) is 0 Å². The van der Waals surface area contributed by atoms with Gasteiger partial charge in [0.2, 0.25) is 0 Å². The third-order valence-electron chi connectivity index (χ3n) is 2.39. The van der Waals surface area contributed by atoms with Gasteiger partial charge < -0.3 is 14.9 Å². The van der Waals surface area contributed by atoms with Crippen molar-refractivity contribution in [2.75, 3.05) is 5.88 Å². The maximum atomic E-state index is 11.9. The van der Waals surface area contributed by atoms with Crippen LogP contribution in [0.3, 0.4) is 0 Å². The van der Waals surface area contributed by atoms with Gasteiger partial charge in [-0.3, -0.25) is 0 Å². The van der Waals surface area contributed by atoms with Crippen molar-refractivity contribution in [2.45, 2.75) is 38.6 Å². The minimum Gasteiger partial charge on any atom is -0.456 e. The first-order chi connectivity index (χ1) is 8.74. The highest BCUT2D eigenvalue weighted by Crippen LogP contribution is 2.20. The van der Waals surface area contributed by atoms with E-state index in [1.54, 1.807) is 39.0 Å². The number of carbonyl (C=O) groups is 1. The van der Waals surface area contributed by atoms with Gasteiger partial charge in [-0.15, -0.1) is 11.6 Å². The van der Waals surface area contributed by atoms with Gasteiger partial charge in [-0.1, -0.05) is 12.1 Å². The Bertz CT molecular complexity index is 439. The average molecular weight is 287 g/mol. The summed E-state index contributed by atoms with van der Waals surface area (Å²) >= 11 is 5.48. The first kappa shape index (κ1) is 16.0. The fraction of sp³-hybridized carbons (Fsp3) is 0.500. The van der Waals surface area contributed by atoms with E-state index in [1.165, 1.54) is 6.07 Å². The molecule has 0 saturated heterocycles. The molecule has 19 heavy (non-hydrogen) atoms. The molecule has 4 nitrogen and oxygen atoms in total. The SMILES string of the molecule is CC(C)(C)OC(=O)c1cccc(C(O)C(O)CCl)c1. The summed E-state index contributed by atoms with van der Waals surface area (Å²) in [4.78, 5) is 11.9. The normalized spacial score (nSPS) is 14.8. The predicted molar refractivity (Wildman–Crippen MR) is 73.3 cm³/mol. The highest BCUT2D eigenvalue weighted by atomic mass is 35.5. The molecule has 0 bridgehead atoms. The lowest BCUT2D eigenvalue weighted by Gasteiger charge is -2.20. The van der Waals surface area contributed by atoms with Crippen molar-refractivity contribution >= 4 is 17.6 Å². The molecular weight excluding hydrogens is 268 g/mol. The van der Waals surface area contributed by atoms with Crippen LogP contribution in [0.1, 0.15) is 42.8 Å². The van der Waals surface area contributed by atoms with E-state index in [-0.39, 0.29) is 5.88 Å². The Balaban J connectivity index is 2.91. The molecule has 1 aromatic carbocycles. The van der Waals surface area contributed by atoms with Crippen molar-refractivity contribution < 1.29 is 19.7 Å². The zero-order valence-corrected chi connectivity index (χ0v) is 12.0. The van der Waals surface area contributed by atoms with E-state index in [4.69, 9.17) is 16.3 Å². The number of aliphatic hydroxyl groups excluding tert-OH is 2. The molecule has 2 N–H and O–H groups in total. The number of alkyl halides is 1. The molecule has 0 aliphatic carbocycles. The number of benzene rings is 1. The first-order valence-corrected chi connectivity index (χ1v) is 6.53. The molecule has 0 heterocycles. The summed E-state index contributed by atoms with van der Waals surface area (Å²) in [5, 5.41) is 19.3. The maximum absolute atomic E-state index is 11.9. The molecule has 5 heteroatoms. The Morgan fingerprint density at radius 2 is 2.00 bits per heavy atom. The molecule has 2 unspecified atom stereocenters. The summed E-state index contributed by atoms with van der Waals surface area (Å²) in [7, 11) is 0. The van der Waals surface area contributed by atoms with Crippen LogP contribution in [-0.4, -0.2) is 33.8 Å². The molecule has 1 rings (SSSR count). The van der Waals surface area contributed by atoms with E-state index in [9.17, 15) is 15.0 Å². The molecule has 0 fully saturated rings. The molecular formula is C14H19ClO4. The number of esters is 1. The molecule has 1 aromatic rings. The molecule has 0 aliphatic heterocycles. The van der Waals surface area contributed by atoms with Gasteiger partial charge in [0.15, 0.2) is 0 Å². The van der Waals surface area contributed by atoms with E-state index >= 15 is 0 Å². The fourth-order valence-electron chi connectivity index (χ4n) is 1.49. The second kappa shape index (κ2) is 6.37. The summed E-state index contributed by atoms with van der Waals surface area (Å²) in [6.07, 6.45) is -2.20. The number of hydrogen-bond donors (Lipinski definition) is 2. The van der Waals surface area contributed by atoms with Crippen LogP contribution in [0, 0.1) is 0 Å². The number of carbonyl (C=O) groups excluding carboxylic acids is 1. The van der Waals surface area contributed by atoms with Crippen LogP contribution in [0.4, 0.5) is 0 Å². The Hall–Kier alpha value is -1.10. The minimum atomic E-state index is -1.13. The van der Waals surface area contributed by atoms with Crippen LogP contribution >= 0.6 is 11.6 Å². The van der Waals surface area contributed by atoms with E-state index < -0.39 is 23.8 Å². The van der Waals surface area contributed by atoms with Gasteiger partial charge in [-0.2, -0.15) is 0 Å². The topological polar surface area (TPSA) is 66.8 Å². The lowest BCUT2D eigenvalue weighted by Crippen LogP contribution is -2.24. The fourth-order valence-corrected chi connectivity index (χ4v) is 1.66. The zero-order chi connectivity index (χ0) is 14.6. The number of ether oxygens (including phenoxy) is 1. The minimum absolute atomic E-state index is 0.0855. The number of hydrogen-bond acceptors (Lipinski definition) is 4. The number of aliphatic hydroxyl groups is 2. The summed E-state index contributed by atoms with van der Waals surface area (Å²) in [5.41, 5.74) is 0.172. The largest absolute Gasteiger partial charge is 0.456 e. The lowest BCUT2D eigenvalue weighted by atomic mass is 10.0. The Morgan fingerprint density at radius 1 is 1.37 bits per heavy atom. The number of halogens is 1. The van der Waals surface area contributed by atoms with Gasteiger partial charge in [0.05, 0.1) is 17.5 Å². The average Bonchev–Trinajstić information content (AvgIpc) is 2.35. The van der Waals surface area contributed by atoms with Gasteiger partial charge in [-0.25, -0.2) is 4.79 Å². The van der Waals surface area contributed by atoms with Crippen LogP contribution in [0.15, 0.2) is 24.3 Å². The van der Waals surface area contributed by atoms with Crippen LogP contribution < -0.4 is 0 Å². The zero-order valence-electron chi connectivity index (χ0n) is 11.3. The smallest absolute Gasteiger partial charge is 0.338 e. The van der Waals surface area contributed by atoms with Crippen LogP contribution in [0.25, 0.3) is 0 Å². The summed E-state index contributed by atoms with van der Waals surface area (Å²) in [6, 6.07) is 6.33. The third kappa shape index (κ3) is 4.82. The van der Waals surface area contributed by atoms with Crippen molar-refractivity contribution in [3.05, 3.63) is 35.4 Å². The summed E-state index contributed by atoms with van der Waals surface area (Å²) in [5.74, 6) is -0.556. The molecule has 0 aromatic heterocycles. The Kier molecular flexibility index (Phi) is 5.35. The quantitative estimate of drug-likeness (QED) is 0.658.